The predicted octanol–water partition coefficient (Wildman–Crippen LogP) is 3.35. The molecule has 14 heavy (non-hydrogen) atoms. The normalized spacial score (nSPS) is 36.0. The van der Waals surface area contributed by atoms with E-state index >= 15 is 0 Å². The Bertz CT molecular complexity index is 139. The number of nitrogens with one attached hydrogen (secondary N) is 1. The molecule has 1 aliphatic carbocycles. The summed E-state index contributed by atoms with van der Waals surface area (Å²) >= 11 is 0. The lowest BCUT2D eigenvalue weighted by molar-refractivity contribution is 0.408. The second-order valence-electron chi connectivity index (χ2n) is 5.29. The standard InChI is InChI=1S/C13H25N/c1-2-5-12-7-8-13(11-12)6-4-10-14-9-3-1/h12-14H,1-11H2. The minimum atomic E-state index is 1.08. The molecule has 82 valence electrons. The van der Waals surface area contributed by atoms with Crippen molar-refractivity contribution in [2.24, 2.45) is 11.8 Å². The first-order valence-electron chi connectivity index (χ1n) is 6.66. The molecule has 1 aliphatic heterocycles. The molecule has 0 spiro atoms. The van der Waals surface area contributed by atoms with Crippen molar-refractivity contribution in [3.05, 3.63) is 0 Å². The molecule has 1 saturated carbocycles. The van der Waals surface area contributed by atoms with Gasteiger partial charge < -0.3 is 5.32 Å². The van der Waals surface area contributed by atoms with Crippen molar-refractivity contribution in [2.75, 3.05) is 13.1 Å². The summed E-state index contributed by atoms with van der Waals surface area (Å²) in [6, 6.07) is 0. The van der Waals surface area contributed by atoms with Gasteiger partial charge >= 0.3 is 0 Å². The Kier molecular flexibility index (Phi) is 4.30. The molecule has 2 fully saturated rings. The van der Waals surface area contributed by atoms with E-state index in [0.29, 0.717) is 0 Å². The third-order valence-corrected chi connectivity index (χ3v) is 4.08. The molecular formula is C13H25N. The van der Waals surface area contributed by atoms with Crippen molar-refractivity contribution < 1.29 is 0 Å². The van der Waals surface area contributed by atoms with E-state index < -0.39 is 0 Å². The minimum Gasteiger partial charge on any atom is -0.317 e. The molecule has 1 heteroatoms. The van der Waals surface area contributed by atoms with Gasteiger partial charge in [-0.15, -0.1) is 0 Å². The van der Waals surface area contributed by atoms with Crippen LogP contribution in [0.5, 0.6) is 0 Å². The lowest BCUT2D eigenvalue weighted by atomic mass is 9.96. The van der Waals surface area contributed by atoms with Gasteiger partial charge in [0.25, 0.3) is 0 Å². The van der Waals surface area contributed by atoms with Crippen LogP contribution in [-0.4, -0.2) is 13.1 Å². The summed E-state index contributed by atoms with van der Waals surface area (Å²) in [5, 5.41) is 3.56. The van der Waals surface area contributed by atoms with Crippen LogP contribution in [0.2, 0.25) is 0 Å². The van der Waals surface area contributed by atoms with Crippen LogP contribution in [-0.2, 0) is 0 Å². The highest BCUT2D eigenvalue weighted by atomic mass is 14.8. The number of fused-ring (bicyclic) bond motifs is 2. The van der Waals surface area contributed by atoms with Gasteiger partial charge in [0, 0.05) is 0 Å². The Morgan fingerprint density at radius 3 is 2.21 bits per heavy atom. The lowest BCUT2D eigenvalue weighted by Crippen LogP contribution is -2.17. The molecule has 2 aliphatic rings. The van der Waals surface area contributed by atoms with Crippen molar-refractivity contribution in [1.82, 2.24) is 5.32 Å². The summed E-state index contributed by atoms with van der Waals surface area (Å²) < 4.78 is 0. The Morgan fingerprint density at radius 1 is 0.643 bits per heavy atom. The lowest BCUT2D eigenvalue weighted by Gasteiger charge is -2.13. The molecule has 2 rings (SSSR count). The van der Waals surface area contributed by atoms with Gasteiger partial charge in [0.15, 0.2) is 0 Å². The Hall–Kier alpha value is -0.0400. The molecule has 0 aromatic heterocycles. The fraction of sp³-hybridized carbons (Fsp3) is 1.00. The van der Waals surface area contributed by atoms with Crippen molar-refractivity contribution in [3.63, 3.8) is 0 Å². The van der Waals surface area contributed by atoms with Gasteiger partial charge in [0.2, 0.25) is 0 Å². The van der Waals surface area contributed by atoms with Gasteiger partial charge in [-0.2, -0.15) is 0 Å². The second-order valence-corrected chi connectivity index (χ2v) is 5.29. The Morgan fingerprint density at radius 2 is 1.36 bits per heavy atom. The zero-order chi connectivity index (χ0) is 9.64. The maximum absolute atomic E-state index is 3.56. The molecule has 0 aromatic rings. The van der Waals surface area contributed by atoms with Crippen LogP contribution in [0, 0.1) is 11.8 Å². The van der Waals surface area contributed by atoms with Crippen LogP contribution in [0.1, 0.15) is 57.8 Å². The summed E-state index contributed by atoms with van der Waals surface area (Å²) in [6.45, 7) is 2.52. The molecule has 0 aromatic carbocycles. The van der Waals surface area contributed by atoms with Crippen LogP contribution < -0.4 is 5.32 Å². The average Bonchev–Trinajstić information content (AvgIpc) is 2.61. The zero-order valence-electron chi connectivity index (χ0n) is 9.43. The SMILES string of the molecule is C1CCNCCCC2CCC(CC1)C2. The fourth-order valence-corrected chi connectivity index (χ4v) is 3.20. The molecule has 2 bridgehead atoms. The zero-order valence-corrected chi connectivity index (χ0v) is 9.43. The third kappa shape index (κ3) is 3.27. The smallest absolute Gasteiger partial charge is 0.00488 e. The van der Waals surface area contributed by atoms with Gasteiger partial charge in [-0.25, -0.2) is 0 Å². The summed E-state index contributed by atoms with van der Waals surface area (Å²) in [6.07, 6.45) is 13.4. The molecule has 1 saturated heterocycles. The molecule has 0 radical (unpaired) electrons. The van der Waals surface area contributed by atoms with E-state index in [2.05, 4.69) is 5.32 Å². The fourth-order valence-electron chi connectivity index (χ4n) is 3.20. The number of hydrogen-bond donors (Lipinski definition) is 1. The van der Waals surface area contributed by atoms with Crippen LogP contribution in [0.25, 0.3) is 0 Å². The van der Waals surface area contributed by atoms with Crippen LogP contribution in [0.3, 0.4) is 0 Å². The third-order valence-electron chi connectivity index (χ3n) is 4.08. The van der Waals surface area contributed by atoms with Gasteiger partial charge in [-0.05, 0) is 50.6 Å². The Balaban J connectivity index is 1.75. The quantitative estimate of drug-likeness (QED) is 0.625. The predicted molar refractivity (Wildman–Crippen MR) is 61.4 cm³/mol. The van der Waals surface area contributed by atoms with Crippen molar-refractivity contribution in [2.45, 2.75) is 57.8 Å². The van der Waals surface area contributed by atoms with Crippen molar-refractivity contribution >= 4 is 0 Å². The highest BCUT2D eigenvalue weighted by Gasteiger charge is 2.23. The van der Waals surface area contributed by atoms with E-state index in [0.717, 1.165) is 11.8 Å². The van der Waals surface area contributed by atoms with Crippen LogP contribution in [0.15, 0.2) is 0 Å². The van der Waals surface area contributed by atoms with Crippen molar-refractivity contribution in [1.29, 1.82) is 0 Å². The van der Waals surface area contributed by atoms with Gasteiger partial charge in [0.1, 0.15) is 0 Å². The van der Waals surface area contributed by atoms with E-state index in [4.69, 9.17) is 0 Å². The minimum absolute atomic E-state index is 1.08. The molecule has 1 heterocycles. The van der Waals surface area contributed by atoms with Gasteiger partial charge in [-0.3, -0.25) is 0 Å². The molecule has 2 atom stereocenters. The summed E-state index contributed by atoms with van der Waals surface area (Å²) in [5.41, 5.74) is 0. The van der Waals surface area contributed by atoms with E-state index in [1.54, 1.807) is 6.42 Å². The van der Waals surface area contributed by atoms with E-state index in [1.165, 1.54) is 64.5 Å². The Labute approximate surface area is 88.7 Å². The topological polar surface area (TPSA) is 12.0 Å². The number of hydrogen-bond acceptors (Lipinski definition) is 1. The molecule has 0 amide bonds. The molecule has 2 unspecified atom stereocenters. The van der Waals surface area contributed by atoms with Crippen LogP contribution >= 0.6 is 0 Å². The second kappa shape index (κ2) is 5.75. The van der Waals surface area contributed by atoms with E-state index in [1.807, 2.05) is 0 Å². The van der Waals surface area contributed by atoms with Crippen molar-refractivity contribution in [3.8, 4) is 0 Å². The monoisotopic (exact) mass is 195 g/mol. The first kappa shape index (κ1) is 10.5. The molecule has 1 N–H and O–H groups in total. The first-order chi connectivity index (χ1) is 6.95. The highest BCUT2D eigenvalue weighted by molar-refractivity contribution is 4.76. The summed E-state index contributed by atoms with van der Waals surface area (Å²) in [5.74, 6) is 2.19. The highest BCUT2D eigenvalue weighted by Crippen LogP contribution is 2.36. The molecular weight excluding hydrogens is 170 g/mol. The maximum Gasteiger partial charge on any atom is -0.00488 e. The van der Waals surface area contributed by atoms with Gasteiger partial charge in [0.05, 0.1) is 0 Å². The van der Waals surface area contributed by atoms with Crippen LogP contribution in [0.4, 0.5) is 0 Å². The largest absolute Gasteiger partial charge is 0.317 e. The summed E-state index contributed by atoms with van der Waals surface area (Å²) in [4.78, 5) is 0. The number of rotatable bonds is 0. The molecule has 1 nitrogen and oxygen atoms in total. The summed E-state index contributed by atoms with van der Waals surface area (Å²) in [7, 11) is 0. The van der Waals surface area contributed by atoms with E-state index in [-0.39, 0.29) is 0 Å². The van der Waals surface area contributed by atoms with Gasteiger partial charge in [-0.1, -0.05) is 32.1 Å². The average molecular weight is 195 g/mol. The maximum atomic E-state index is 3.56. The van der Waals surface area contributed by atoms with E-state index in [9.17, 15) is 0 Å². The first-order valence-corrected chi connectivity index (χ1v) is 6.66.